The van der Waals surface area contributed by atoms with Crippen molar-refractivity contribution in [1.29, 1.82) is 0 Å². The molecule has 1 aliphatic heterocycles. The molecule has 1 heterocycles. The Hall–Kier alpha value is -0.0800. The smallest absolute Gasteiger partial charge is 0.0771 e. The Bertz CT molecular complexity index is 312. The van der Waals surface area contributed by atoms with E-state index >= 15 is 0 Å². The maximum Gasteiger partial charge on any atom is 0.0771 e. The lowest BCUT2D eigenvalue weighted by Gasteiger charge is -2.53. The van der Waals surface area contributed by atoms with E-state index in [0.717, 1.165) is 19.3 Å². The summed E-state index contributed by atoms with van der Waals surface area (Å²) < 4.78 is 6.48. The van der Waals surface area contributed by atoms with Crippen LogP contribution in [0.4, 0.5) is 0 Å². The summed E-state index contributed by atoms with van der Waals surface area (Å²) in [5.41, 5.74) is 0.322. The van der Waals surface area contributed by atoms with Gasteiger partial charge in [-0.15, -0.1) is 0 Å². The second kappa shape index (κ2) is 3.02. The van der Waals surface area contributed by atoms with Gasteiger partial charge in [-0.05, 0) is 57.3 Å². The van der Waals surface area contributed by atoms with Gasteiger partial charge in [0.2, 0.25) is 0 Å². The summed E-state index contributed by atoms with van der Waals surface area (Å²) in [5, 5.41) is 9.97. The first-order valence-corrected chi connectivity index (χ1v) is 6.75. The highest BCUT2D eigenvalue weighted by molar-refractivity contribution is 5.13. The topological polar surface area (TPSA) is 29.5 Å². The molecule has 0 aromatic rings. The van der Waals surface area contributed by atoms with E-state index in [-0.39, 0.29) is 17.3 Å². The third kappa shape index (κ3) is 1.26. The zero-order valence-corrected chi connectivity index (χ0v) is 10.8. The van der Waals surface area contributed by atoms with E-state index in [2.05, 4.69) is 20.8 Å². The highest BCUT2D eigenvalue weighted by Gasteiger charge is 2.63. The van der Waals surface area contributed by atoms with Crippen LogP contribution in [-0.2, 0) is 4.74 Å². The molecule has 2 bridgehead atoms. The molecule has 0 amide bonds. The average molecular weight is 224 g/mol. The molecule has 2 heteroatoms. The van der Waals surface area contributed by atoms with Gasteiger partial charge in [0.1, 0.15) is 0 Å². The van der Waals surface area contributed by atoms with Crippen LogP contribution in [0.5, 0.6) is 0 Å². The van der Waals surface area contributed by atoms with Crippen molar-refractivity contribution < 1.29 is 9.84 Å². The molecule has 3 aliphatic rings. The van der Waals surface area contributed by atoms with Gasteiger partial charge in [-0.25, -0.2) is 0 Å². The molecule has 2 aliphatic carbocycles. The van der Waals surface area contributed by atoms with E-state index in [0.29, 0.717) is 11.3 Å². The molecule has 1 saturated heterocycles. The molecule has 0 unspecified atom stereocenters. The molecule has 92 valence electrons. The minimum atomic E-state index is -0.138. The predicted molar refractivity (Wildman–Crippen MR) is 63.2 cm³/mol. The summed E-state index contributed by atoms with van der Waals surface area (Å²) in [4.78, 5) is 0. The van der Waals surface area contributed by atoms with Crippen LogP contribution in [0, 0.1) is 11.3 Å². The highest BCUT2D eigenvalue weighted by Crippen LogP contribution is 2.63. The zero-order chi connectivity index (χ0) is 11.6. The number of hydrogen-bond acceptors (Lipinski definition) is 2. The van der Waals surface area contributed by atoms with Crippen molar-refractivity contribution in [3.63, 3.8) is 0 Å². The summed E-state index contributed by atoms with van der Waals surface area (Å²) in [6, 6.07) is 0. The van der Waals surface area contributed by atoms with Crippen molar-refractivity contribution in [2.75, 3.05) is 0 Å². The number of aliphatic hydroxyl groups excluding tert-OH is 1. The van der Waals surface area contributed by atoms with Gasteiger partial charge >= 0.3 is 0 Å². The van der Waals surface area contributed by atoms with Gasteiger partial charge in [-0.1, -0.05) is 6.92 Å². The van der Waals surface area contributed by atoms with Crippen LogP contribution in [-0.4, -0.2) is 22.4 Å². The Morgan fingerprint density at radius 2 is 1.75 bits per heavy atom. The van der Waals surface area contributed by atoms with Crippen LogP contribution in [0.2, 0.25) is 0 Å². The summed E-state index contributed by atoms with van der Waals surface area (Å²) in [6.45, 7) is 6.86. The Morgan fingerprint density at radius 1 is 1.06 bits per heavy atom. The number of hydrogen-bond donors (Lipinski definition) is 1. The Labute approximate surface area is 98.4 Å². The van der Waals surface area contributed by atoms with Gasteiger partial charge in [0, 0.05) is 6.42 Å². The Kier molecular flexibility index (Phi) is 2.09. The summed E-state index contributed by atoms with van der Waals surface area (Å²) in [7, 11) is 0. The van der Waals surface area contributed by atoms with Gasteiger partial charge < -0.3 is 9.84 Å². The van der Waals surface area contributed by atoms with Gasteiger partial charge in [-0.3, -0.25) is 0 Å². The SMILES string of the molecule is CC1(C)O[C@@]23C[C@@H](O)CC[C@@]2(C)CC[C@@H]1C3. The number of fused-ring (bicyclic) bond motifs is 1. The van der Waals surface area contributed by atoms with Crippen molar-refractivity contribution in [1.82, 2.24) is 0 Å². The Balaban J connectivity index is 1.99. The Morgan fingerprint density at radius 3 is 2.50 bits per heavy atom. The van der Waals surface area contributed by atoms with Crippen molar-refractivity contribution in [2.24, 2.45) is 11.3 Å². The normalized spacial score (nSPS) is 54.8. The maximum atomic E-state index is 9.97. The van der Waals surface area contributed by atoms with Crippen molar-refractivity contribution in [3.05, 3.63) is 0 Å². The fourth-order valence-corrected chi connectivity index (χ4v) is 4.50. The highest BCUT2D eigenvalue weighted by atomic mass is 16.5. The van der Waals surface area contributed by atoms with Crippen LogP contribution >= 0.6 is 0 Å². The standard InChI is InChI=1S/C14H24O2/c1-12(2)10-4-6-13(3)7-5-11(15)9-14(13,8-10)16-12/h10-11,15H,4-9H2,1-3H3/t10-,11+,13-,14+/m1/s1. The predicted octanol–water partition coefficient (Wildman–Crippen LogP) is 2.89. The largest absolute Gasteiger partial charge is 0.393 e. The van der Waals surface area contributed by atoms with Crippen molar-refractivity contribution in [3.8, 4) is 0 Å². The second-order valence-corrected chi connectivity index (χ2v) is 7.10. The van der Waals surface area contributed by atoms with E-state index in [4.69, 9.17) is 4.74 Å². The summed E-state index contributed by atoms with van der Waals surface area (Å²) >= 11 is 0. The molecule has 0 aromatic carbocycles. The third-order valence-electron chi connectivity index (χ3n) is 5.76. The molecule has 2 saturated carbocycles. The van der Waals surface area contributed by atoms with Crippen LogP contribution in [0.15, 0.2) is 0 Å². The monoisotopic (exact) mass is 224 g/mol. The first-order valence-electron chi connectivity index (χ1n) is 6.75. The van der Waals surface area contributed by atoms with E-state index in [1.807, 2.05) is 0 Å². The van der Waals surface area contributed by atoms with E-state index in [9.17, 15) is 5.11 Å². The molecule has 0 aromatic heterocycles. The van der Waals surface area contributed by atoms with Crippen molar-refractivity contribution >= 4 is 0 Å². The molecule has 1 N–H and O–H groups in total. The van der Waals surface area contributed by atoms with Crippen LogP contribution < -0.4 is 0 Å². The zero-order valence-electron chi connectivity index (χ0n) is 10.8. The molecular weight excluding hydrogens is 200 g/mol. The molecule has 3 rings (SSSR count). The fourth-order valence-electron chi connectivity index (χ4n) is 4.50. The molecule has 16 heavy (non-hydrogen) atoms. The van der Waals surface area contributed by atoms with Gasteiger partial charge in [0.05, 0.1) is 17.3 Å². The molecule has 1 spiro atoms. The summed E-state index contributed by atoms with van der Waals surface area (Å²) in [6.07, 6.45) is 6.59. The lowest BCUT2D eigenvalue weighted by molar-refractivity contribution is -0.185. The fraction of sp³-hybridized carbons (Fsp3) is 1.00. The van der Waals surface area contributed by atoms with Crippen LogP contribution in [0.1, 0.15) is 59.3 Å². The minimum absolute atomic E-state index is 0.0168. The summed E-state index contributed by atoms with van der Waals surface area (Å²) in [5.74, 6) is 0.700. The van der Waals surface area contributed by atoms with Gasteiger partial charge in [0.15, 0.2) is 0 Å². The number of rotatable bonds is 0. The third-order valence-corrected chi connectivity index (χ3v) is 5.76. The lowest BCUT2D eigenvalue weighted by atomic mass is 9.55. The lowest BCUT2D eigenvalue weighted by Crippen LogP contribution is -2.53. The van der Waals surface area contributed by atoms with Crippen molar-refractivity contribution in [2.45, 2.75) is 76.6 Å². The van der Waals surface area contributed by atoms with E-state index in [1.54, 1.807) is 0 Å². The molecule has 0 radical (unpaired) electrons. The van der Waals surface area contributed by atoms with E-state index in [1.165, 1.54) is 19.3 Å². The first kappa shape index (κ1) is 11.0. The quantitative estimate of drug-likeness (QED) is 0.685. The number of ether oxygens (including phenoxy) is 1. The maximum absolute atomic E-state index is 9.97. The minimum Gasteiger partial charge on any atom is -0.393 e. The average Bonchev–Trinajstić information content (AvgIpc) is 2.39. The number of aliphatic hydroxyl groups is 1. The molecule has 4 atom stereocenters. The van der Waals surface area contributed by atoms with Crippen LogP contribution in [0.25, 0.3) is 0 Å². The molecular formula is C14H24O2. The van der Waals surface area contributed by atoms with Gasteiger partial charge in [0.25, 0.3) is 0 Å². The van der Waals surface area contributed by atoms with E-state index < -0.39 is 0 Å². The van der Waals surface area contributed by atoms with Gasteiger partial charge in [-0.2, -0.15) is 0 Å². The molecule has 2 nitrogen and oxygen atoms in total. The first-order chi connectivity index (χ1) is 7.37. The molecule has 3 fully saturated rings. The second-order valence-electron chi connectivity index (χ2n) is 7.10. The van der Waals surface area contributed by atoms with Crippen LogP contribution in [0.3, 0.4) is 0 Å².